The molecule has 0 saturated carbocycles. The zero-order valence-corrected chi connectivity index (χ0v) is 16.8. The third-order valence-electron chi connectivity index (χ3n) is 5.06. The molecular weight excluding hydrogens is 336 g/mol. The van der Waals surface area contributed by atoms with E-state index in [1.807, 2.05) is 4.90 Å². The smallest absolute Gasteiger partial charge is 0.0606 e. The molecule has 0 heterocycles. The quantitative estimate of drug-likeness (QED) is 0.626. The molecule has 4 nitrogen and oxygen atoms in total. The van der Waals surface area contributed by atoms with Gasteiger partial charge >= 0.3 is 0 Å². The Balaban J connectivity index is 1.96. The van der Waals surface area contributed by atoms with Gasteiger partial charge in [-0.05, 0) is 56.0 Å². The molecule has 2 N–H and O–H groups in total. The Morgan fingerprint density at radius 3 is 2.11 bits per heavy atom. The molecule has 148 valence electrons. The number of benzene rings is 1. The van der Waals surface area contributed by atoms with Crippen molar-refractivity contribution in [2.75, 3.05) is 44.3 Å². The van der Waals surface area contributed by atoms with E-state index in [1.54, 1.807) is 0 Å². The van der Waals surface area contributed by atoms with Gasteiger partial charge in [-0.25, -0.2) is 0 Å². The topological polar surface area (TPSA) is 46.9 Å². The summed E-state index contributed by atoms with van der Waals surface area (Å²) < 4.78 is 0. The van der Waals surface area contributed by atoms with Crippen molar-refractivity contribution >= 4 is 5.69 Å². The number of hydrogen-bond donors (Lipinski definition) is 2. The van der Waals surface area contributed by atoms with E-state index in [2.05, 4.69) is 67.3 Å². The molecule has 0 aliphatic heterocycles. The number of hydrogen-bond acceptors (Lipinski definition) is 4. The molecule has 1 aromatic carbocycles. The molecule has 2 rings (SSSR count). The Labute approximate surface area is 164 Å². The summed E-state index contributed by atoms with van der Waals surface area (Å²) in [6.07, 6.45) is 12.1. The molecular formula is C23H34N2O2. The molecule has 4 heteroatoms. The van der Waals surface area contributed by atoms with Crippen molar-refractivity contribution in [3.05, 3.63) is 65.4 Å². The minimum atomic E-state index is 0.0885. The van der Waals surface area contributed by atoms with Crippen molar-refractivity contribution in [2.45, 2.75) is 33.1 Å². The van der Waals surface area contributed by atoms with E-state index in [4.69, 9.17) is 0 Å². The molecule has 0 saturated heterocycles. The summed E-state index contributed by atoms with van der Waals surface area (Å²) in [5.41, 5.74) is 5.10. The first-order valence-electron chi connectivity index (χ1n) is 10.1. The highest BCUT2D eigenvalue weighted by Crippen LogP contribution is 2.20. The minimum absolute atomic E-state index is 0.0885. The Morgan fingerprint density at radius 2 is 1.52 bits per heavy atom. The molecule has 0 unspecified atom stereocenters. The van der Waals surface area contributed by atoms with Gasteiger partial charge in [-0.15, -0.1) is 0 Å². The Morgan fingerprint density at radius 1 is 0.852 bits per heavy atom. The number of rotatable bonds is 11. The molecule has 0 amide bonds. The molecule has 0 aromatic heterocycles. The van der Waals surface area contributed by atoms with Crippen LogP contribution in [-0.4, -0.2) is 54.5 Å². The fourth-order valence-electron chi connectivity index (χ4n) is 3.46. The van der Waals surface area contributed by atoms with Crippen molar-refractivity contribution in [1.29, 1.82) is 0 Å². The minimum Gasteiger partial charge on any atom is -0.395 e. The first-order chi connectivity index (χ1) is 13.2. The number of anilines is 1. The lowest BCUT2D eigenvalue weighted by molar-refractivity contribution is 0.281. The third kappa shape index (κ3) is 6.56. The normalized spacial score (nSPS) is 13.8. The maximum atomic E-state index is 9.17. The predicted octanol–water partition coefficient (Wildman–Crippen LogP) is 3.52. The van der Waals surface area contributed by atoms with Crippen molar-refractivity contribution in [1.82, 2.24) is 4.90 Å². The second-order valence-corrected chi connectivity index (χ2v) is 6.78. The first-order valence-corrected chi connectivity index (χ1v) is 10.1. The van der Waals surface area contributed by atoms with Crippen LogP contribution in [-0.2, 0) is 6.42 Å². The Bertz CT molecular complexity index is 637. The summed E-state index contributed by atoms with van der Waals surface area (Å²) in [7, 11) is 0. The SMILES string of the molecule is CCN(CC)C1=CC=C(CCc2ccc(N(CCO)CCO)cc2)C=CC1. The average molecular weight is 371 g/mol. The molecule has 27 heavy (non-hydrogen) atoms. The number of nitrogens with zero attached hydrogens (tertiary/aromatic N) is 2. The number of aryl methyl sites for hydroxylation is 1. The second-order valence-electron chi connectivity index (χ2n) is 6.78. The zero-order valence-electron chi connectivity index (χ0n) is 16.8. The molecule has 0 bridgehead atoms. The van der Waals surface area contributed by atoms with Gasteiger partial charge < -0.3 is 20.0 Å². The van der Waals surface area contributed by atoms with Crippen LogP contribution in [0.3, 0.4) is 0 Å². The average Bonchev–Trinajstić information content (AvgIpc) is 2.93. The van der Waals surface area contributed by atoms with Gasteiger partial charge in [-0.1, -0.05) is 30.4 Å². The van der Waals surface area contributed by atoms with Crippen LogP contribution in [0.1, 0.15) is 32.3 Å². The Hall–Kier alpha value is -2.04. The first kappa shape index (κ1) is 21.3. The molecule has 0 radical (unpaired) electrons. The maximum Gasteiger partial charge on any atom is 0.0606 e. The highest BCUT2D eigenvalue weighted by molar-refractivity contribution is 5.47. The van der Waals surface area contributed by atoms with Crippen LogP contribution in [0.25, 0.3) is 0 Å². The van der Waals surface area contributed by atoms with Crippen LogP contribution >= 0.6 is 0 Å². The summed E-state index contributed by atoms with van der Waals surface area (Å²) in [6.45, 7) is 7.77. The van der Waals surface area contributed by atoms with Gasteiger partial charge in [0.2, 0.25) is 0 Å². The Kier molecular flexibility index (Phi) is 9.16. The van der Waals surface area contributed by atoms with Crippen LogP contribution in [0.4, 0.5) is 5.69 Å². The zero-order chi connectivity index (χ0) is 19.5. The number of aliphatic hydroxyl groups excluding tert-OH is 2. The lowest BCUT2D eigenvalue weighted by Crippen LogP contribution is -2.29. The van der Waals surface area contributed by atoms with Crippen LogP contribution in [0.15, 0.2) is 59.8 Å². The lowest BCUT2D eigenvalue weighted by Gasteiger charge is -2.23. The molecule has 1 aromatic rings. The van der Waals surface area contributed by atoms with Gasteiger partial charge in [-0.3, -0.25) is 0 Å². The van der Waals surface area contributed by atoms with E-state index >= 15 is 0 Å². The monoisotopic (exact) mass is 370 g/mol. The molecule has 0 fully saturated rings. The van der Waals surface area contributed by atoms with E-state index in [0.717, 1.165) is 38.0 Å². The van der Waals surface area contributed by atoms with E-state index in [1.165, 1.54) is 16.8 Å². The van der Waals surface area contributed by atoms with Gasteiger partial charge in [0.25, 0.3) is 0 Å². The molecule has 0 spiro atoms. The molecule has 1 aliphatic rings. The summed E-state index contributed by atoms with van der Waals surface area (Å²) in [6, 6.07) is 8.46. The van der Waals surface area contributed by atoms with Crippen LogP contribution < -0.4 is 4.90 Å². The maximum absolute atomic E-state index is 9.17. The molecule has 1 aliphatic carbocycles. The van der Waals surface area contributed by atoms with Crippen molar-refractivity contribution in [2.24, 2.45) is 0 Å². The fraction of sp³-hybridized carbons (Fsp3) is 0.478. The molecule has 0 atom stereocenters. The highest BCUT2D eigenvalue weighted by atomic mass is 16.3. The van der Waals surface area contributed by atoms with E-state index in [9.17, 15) is 10.2 Å². The van der Waals surface area contributed by atoms with Crippen LogP contribution in [0.2, 0.25) is 0 Å². The summed E-state index contributed by atoms with van der Waals surface area (Å²) in [4.78, 5) is 4.41. The highest BCUT2D eigenvalue weighted by Gasteiger charge is 2.07. The summed E-state index contributed by atoms with van der Waals surface area (Å²) >= 11 is 0. The summed E-state index contributed by atoms with van der Waals surface area (Å²) in [5.74, 6) is 0. The third-order valence-corrected chi connectivity index (χ3v) is 5.06. The lowest BCUT2D eigenvalue weighted by atomic mass is 10.0. The van der Waals surface area contributed by atoms with E-state index < -0.39 is 0 Å². The standard InChI is InChI=1S/C23H34N2O2/c1-3-24(4-2)22-7-5-6-20(10-13-22)8-9-21-11-14-23(15-12-21)25(16-18-26)17-19-27/h5-6,10-15,26-27H,3-4,7-9,16-19H2,1-2H3. The van der Waals surface area contributed by atoms with Gasteiger partial charge in [0.05, 0.1) is 13.2 Å². The van der Waals surface area contributed by atoms with Crippen molar-refractivity contribution in [3.63, 3.8) is 0 Å². The van der Waals surface area contributed by atoms with E-state index in [-0.39, 0.29) is 13.2 Å². The summed E-state index contributed by atoms with van der Waals surface area (Å²) in [5, 5.41) is 18.3. The van der Waals surface area contributed by atoms with Gasteiger partial charge in [0.1, 0.15) is 0 Å². The van der Waals surface area contributed by atoms with Gasteiger partial charge in [0.15, 0.2) is 0 Å². The number of allylic oxidation sites excluding steroid dienone is 5. The van der Waals surface area contributed by atoms with E-state index in [0.29, 0.717) is 13.1 Å². The fourth-order valence-corrected chi connectivity index (χ4v) is 3.46. The second kappa shape index (κ2) is 11.6. The largest absolute Gasteiger partial charge is 0.395 e. The van der Waals surface area contributed by atoms with Crippen molar-refractivity contribution in [3.8, 4) is 0 Å². The number of aliphatic hydroxyl groups is 2. The van der Waals surface area contributed by atoms with Gasteiger partial charge in [0, 0.05) is 44.0 Å². The van der Waals surface area contributed by atoms with Gasteiger partial charge in [-0.2, -0.15) is 0 Å². The van der Waals surface area contributed by atoms with Crippen LogP contribution in [0, 0.1) is 0 Å². The van der Waals surface area contributed by atoms with Crippen LogP contribution in [0.5, 0.6) is 0 Å². The predicted molar refractivity (Wildman–Crippen MR) is 114 cm³/mol. The van der Waals surface area contributed by atoms with Crippen molar-refractivity contribution < 1.29 is 10.2 Å².